The van der Waals surface area contributed by atoms with E-state index in [1.54, 1.807) is 7.05 Å². The van der Waals surface area contributed by atoms with Gasteiger partial charge in [-0.1, -0.05) is 12.2 Å². The zero-order valence-electron chi connectivity index (χ0n) is 11.7. The Morgan fingerprint density at radius 3 is 2.42 bits per heavy atom. The van der Waals surface area contributed by atoms with Gasteiger partial charge in [-0.15, -0.1) is 10.2 Å². The molecule has 1 aliphatic rings. The van der Waals surface area contributed by atoms with Gasteiger partial charge in [-0.05, 0) is 19.1 Å². The fourth-order valence-electron chi connectivity index (χ4n) is 2.21. The van der Waals surface area contributed by atoms with Gasteiger partial charge in [0.15, 0.2) is 5.82 Å². The minimum atomic E-state index is -0.216. The van der Waals surface area contributed by atoms with Gasteiger partial charge in [0.2, 0.25) is 0 Å². The Bertz CT molecular complexity index is 448. The number of tetrazole rings is 1. The van der Waals surface area contributed by atoms with E-state index in [2.05, 4.69) is 39.1 Å². The van der Waals surface area contributed by atoms with Crippen molar-refractivity contribution >= 4 is 17.2 Å². The number of aromatic nitrogens is 4. The average molecular weight is 283 g/mol. The Hall–Kier alpha value is -1.12. The quantitative estimate of drug-likeness (QED) is 0.739. The molecule has 1 aromatic heterocycles. The highest BCUT2D eigenvalue weighted by atomic mass is 32.1. The summed E-state index contributed by atoms with van der Waals surface area (Å²) >= 11 is 5.14. The molecule has 0 unspecified atom stereocenters. The van der Waals surface area contributed by atoms with Gasteiger partial charge < -0.3 is 5.73 Å². The van der Waals surface area contributed by atoms with Crippen molar-refractivity contribution in [3.8, 4) is 0 Å². The van der Waals surface area contributed by atoms with Crippen LogP contribution in [0.1, 0.15) is 19.7 Å². The Balaban J connectivity index is 1.87. The smallest absolute Gasteiger partial charge is 0.188 e. The van der Waals surface area contributed by atoms with Crippen molar-refractivity contribution in [2.75, 3.05) is 26.2 Å². The van der Waals surface area contributed by atoms with Gasteiger partial charge in [0, 0.05) is 26.2 Å². The Kier molecular flexibility index (Phi) is 4.12. The third-order valence-electron chi connectivity index (χ3n) is 3.68. The van der Waals surface area contributed by atoms with E-state index in [4.69, 9.17) is 18.0 Å². The lowest BCUT2D eigenvalue weighted by atomic mass is 10.0. The van der Waals surface area contributed by atoms with Crippen molar-refractivity contribution in [2.45, 2.75) is 25.9 Å². The number of thiocarbonyl (C=S) groups is 1. The topological polar surface area (TPSA) is 76.1 Å². The molecular formula is C11H21N7S. The molecule has 2 N–H and O–H groups in total. The van der Waals surface area contributed by atoms with Crippen LogP contribution in [-0.4, -0.2) is 66.7 Å². The Labute approximate surface area is 118 Å². The molecule has 0 aliphatic carbocycles. The normalized spacial score (nSPS) is 18.7. The summed E-state index contributed by atoms with van der Waals surface area (Å²) in [5.41, 5.74) is 5.59. The standard InChI is InChI=1S/C11H21N7S/c1-11(2,10(12)19)18-6-4-17(5-7-18)8-9-13-15-16(3)14-9/h4-8H2,1-3H3,(H2,12,19). The third-order valence-corrected chi connectivity index (χ3v) is 4.18. The largest absolute Gasteiger partial charge is 0.392 e. The van der Waals surface area contributed by atoms with Gasteiger partial charge >= 0.3 is 0 Å². The number of rotatable bonds is 4. The number of hydrogen-bond donors (Lipinski definition) is 1. The maximum absolute atomic E-state index is 5.81. The van der Waals surface area contributed by atoms with E-state index in [1.165, 1.54) is 4.80 Å². The number of piperazine rings is 1. The number of aryl methyl sites for hydroxylation is 1. The van der Waals surface area contributed by atoms with Crippen LogP contribution in [0.15, 0.2) is 0 Å². The van der Waals surface area contributed by atoms with E-state index in [0.717, 1.165) is 38.5 Å². The highest BCUT2D eigenvalue weighted by molar-refractivity contribution is 7.80. The van der Waals surface area contributed by atoms with Crippen LogP contribution in [0.5, 0.6) is 0 Å². The molecular weight excluding hydrogens is 262 g/mol. The van der Waals surface area contributed by atoms with Crippen LogP contribution in [0.2, 0.25) is 0 Å². The predicted octanol–water partition coefficient (Wildman–Crippen LogP) is -0.608. The van der Waals surface area contributed by atoms with Crippen LogP contribution in [0.25, 0.3) is 0 Å². The molecule has 1 aliphatic heterocycles. The summed E-state index contributed by atoms with van der Waals surface area (Å²) in [6, 6.07) is 0. The number of nitrogens with two attached hydrogens (primary N) is 1. The molecule has 0 bridgehead atoms. The minimum Gasteiger partial charge on any atom is -0.392 e. The minimum absolute atomic E-state index is 0.216. The first kappa shape index (κ1) is 14.3. The summed E-state index contributed by atoms with van der Waals surface area (Å²) in [4.78, 5) is 6.69. The molecule has 1 aromatic rings. The van der Waals surface area contributed by atoms with E-state index in [0.29, 0.717) is 4.99 Å². The summed E-state index contributed by atoms with van der Waals surface area (Å²) in [7, 11) is 1.78. The maximum Gasteiger partial charge on any atom is 0.188 e. The van der Waals surface area contributed by atoms with E-state index >= 15 is 0 Å². The molecule has 0 saturated carbocycles. The molecule has 0 spiro atoms. The number of nitrogens with zero attached hydrogens (tertiary/aromatic N) is 6. The lowest BCUT2D eigenvalue weighted by Crippen LogP contribution is -2.59. The molecule has 106 valence electrons. The van der Waals surface area contributed by atoms with Crippen LogP contribution < -0.4 is 5.73 Å². The summed E-state index contributed by atoms with van der Waals surface area (Å²) in [5, 5.41) is 12.1. The van der Waals surface area contributed by atoms with Gasteiger partial charge in [0.1, 0.15) is 0 Å². The summed E-state index contributed by atoms with van der Waals surface area (Å²) in [5.74, 6) is 0.768. The second kappa shape index (κ2) is 5.48. The predicted molar refractivity (Wildman–Crippen MR) is 76.5 cm³/mol. The molecule has 19 heavy (non-hydrogen) atoms. The van der Waals surface area contributed by atoms with Crippen molar-refractivity contribution in [2.24, 2.45) is 12.8 Å². The number of hydrogen-bond acceptors (Lipinski definition) is 6. The first-order valence-corrected chi connectivity index (χ1v) is 6.80. The Morgan fingerprint density at radius 2 is 1.95 bits per heavy atom. The van der Waals surface area contributed by atoms with Gasteiger partial charge in [-0.25, -0.2) is 0 Å². The van der Waals surface area contributed by atoms with Crippen LogP contribution in [-0.2, 0) is 13.6 Å². The van der Waals surface area contributed by atoms with E-state index in [1.807, 2.05) is 0 Å². The van der Waals surface area contributed by atoms with Crippen molar-refractivity contribution in [1.29, 1.82) is 0 Å². The zero-order valence-corrected chi connectivity index (χ0v) is 12.5. The molecule has 0 aromatic carbocycles. The van der Waals surface area contributed by atoms with Gasteiger partial charge in [0.05, 0.1) is 24.1 Å². The Morgan fingerprint density at radius 1 is 1.32 bits per heavy atom. The van der Waals surface area contributed by atoms with Crippen LogP contribution >= 0.6 is 12.2 Å². The first-order valence-electron chi connectivity index (χ1n) is 6.40. The van der Waals surface area contributed by atoms with Crippen LogP contribution in [0, 0.1) is 0 Å². The molecule has 0 radical (unpaired) electrons. The summed E-state index contributed by atoms with van der Waals surface area (Å²) in [6.45, 7) is 8.73. The second-order valence-corrected chi connectivity index (χ2v) is 5.82. The fourth-order valence-corrected chi connectivity index (χ4v) is 2.34. The van der Waals surface area contributed by atoms with Crippen LogP contribution in [0.3, 0.4) is 0 Å². The average Bonchev–Trinajstić information content (AvgIpc) is 2.75. The highest BCUT2D eigenvalue weighted by Gasteiger charge is 2.32. The molecule has 0 amide bonds. The highest BCUT2D eigenvalue weighted by Crippen LogP contribution is 2.17. The molecule has 1 saturated heterocycles. The zero-order chi connectivity index (χ0) is 14.0. The van der Waals surface area contributed by atoms with Crippen molar-refractivity contribution in [3.63, 3.8) is 0 Å². The fraction of sp³-hybridized carbons (Fsp3) is 0.818. The molecule has 2 heterocycles. The molecule has 1 fully saturated rings. The van der Waals surface area contributed by atoms with Gasteiger partial charge in [0.25, 0.3) is 0 Å². The monoisotopic (exact) mass is 283 g/mol. The molecule has 7 nitrogen and oxygen atoms in total. The molecule has 0 atom stereocenters. The van der Waals surface area contributed by atoms with Gasteiger partial charge in [-0.3, -0.25) is 9.80 Å². The maximum atomic E-state index is 5.81. The first-order chi connectivity index (χ1) is 8.89. The van der Waals surface area contributed by atoms with E-state index < -0.39 is 0 Å². The molecule has 8 heteroatoms. The lowest BCUT2D eigenvalue weighted by Gasteiger charge is -2.43. The van der Waals surface area contributed by atoms with E-state index in [-0.39, 0.29) is 5.54 Å². The SMILES string of the molecule is Cn1nnc(CN2CCN(C(C)(C)C(N)=S)CC2)n1. The third kappa shape index (κ3) is 3.26. The van der Waals surface area contributed by atoms with E-state index in [9.17, 15) is 0 Å². The molecule has 2 rings (SSSR count). The van der Waals surface area contributed by atoms with Crippen molar-refractivity contribution in [3.05, 3.63) is 5.82 Å². The van der Waals surface area contributed by atoms with Crippen molar-refractivity contribution in [1.82, 2.24) is 30.0 Å². The van der Waals surface area contributed by atoms with Crippen molar-refractivity contribution < 1.29 is 0 Å². The van der Waals surface area contributed by atoms with Gasteiger partial charge in [-0.2, -0.15) is 4.80 Å². The second-order valence-electron chi connectivity index (χ2n) is 5.38. The summed E-state index contributed by atoms with van der Waals surface area (Å²) < 4.78 is 0. The van der Waals surface area contributed by atoms with Crippen LogP contribution in [0.4, 0.5) is 0 Å². The lowest BCUT2D eigenvalue weighted by molar-refractivity contribution is 0.0807. The summed E-state index contributed by atoms with van der Waals surface area (Å²) in [6.07, 6.45) is 0.